The van der Waals surface area contributed by atoms with E-state index in [0.717, 1.165) is 18.0 Å². The van der Waals surface area contributed by atoms with E-state index in [9.17, 15) is 0 Å². The van der Waals surface area contributed by atoms with Gasteiger partial charge in [-0.2, -0.15) is 0 Å². The van der Waals surface area contributed by atoms with Gasteiger partial charge in [-0.15, -0.1) is 17.5 Å². The fourth-order valence-corrected chi connectivity index (χ4v) is 2.76. The van der Waals surface area contributed by atoms with E-state index in [0.29, 0.717) is 11.3 Å². The molecule has 86 valence electrons. The van der Waals surface area contributed by atoms with Crippen LogP contribution in [0.25, 0.3) is 0 Å². The van der Waals surface area contributed by atoms with E-state index in [1.807, 2.05) is 7.05 Å². The Morgan fingerprint density at radius 1 is 1.33 bits per heavy atom. The predicted molar refractivity (Wildman–Crippen MR) is 62.1 cm³/mol. The SMILES string of the molecule is Cl.Cn1nnnc1SC1CCC(N)CC1. The van der Waals surface area contributed by atoms with E-state index in [1.165, 1.54) is 12.8 Å². The number of hydrogen-bond acceptors (Lipinski definition) is 5. The van der Waals surface area contributed by atoms with Crippen LogP contribution in [-0.2, 0) is 7.05 Å². The normalized spacial score (nSPS) is 26.0. The van der Waals surface area contributed by atoms with Gasteiger partial charge in [-0.1, -0.05) is 11.8 Å². The average Bonchev–Trinajstić information content (AvgIpc) is 2.56. The summed E-state index contributed by atoms with van der Waals surface area (Å²) in [6.07, 6.45) is 4.61. The highest BCUT2D eigenvalue weighted by atomic mass is 35.5. The first kappa shape index (κ1) is 12.7. The number of halogens is 1. The summed E-state index contributed by atoms with van der Waals surface area (Å²) in [7, 11) is 1.87. The molecule has 0 bridgehead atoms. The highest BCUT2D eigenvalue weighted by Crippen LogP contribution is 2.31. The molecule has 0 atom stereocenters. The molecule has 1 fully saturated rings. The minimum absolute atomic E-state index is 0. The number of tetrazole rings is 1. The molecule has 1 aromatic rings. The van der Waals surface area contributed by atoms with E-state index < -0.39 is 0 Å². The minimum Gasteiger partial charge on any atom is -0.328 e. The fraction of sp³-hybridized carbons (Fsp3) is 0.875. The van der Waals surface area contributed by atoms with E-state index in [2.05, 4.69) is 15.5 Å². The lowest BCUT2D eigenvalue weighted by atomic mass is 9.96. The first-order valence-electron chi connectivity index (χ1n) is 4.90. The molecule has 1 aromatic heterocycles. The molecule has 1 heterocycles. The number of nitrogens with two attached hydrogens (primary N) is 1. The van der Waals surface area contributed by atoms with Crippen molar-refractivity contribution < 1.29 is 0 Å². The van der Waals surface area contributed by atoms with Crippen molar-refractivity contribution >= 4 is 24.2 Å². The zero-order valence-corrected chi connectivity index (χ0v) is 10.3. The lowest BCUT2D eigenvalue weighted by Crippen LogP contribution is -2.27. The van der Waals surface area contributed by atoms with Crippen LogP contribution < -0.4 is 5.73 Å². The van der Waals surface area contributed by atoms with Crippen molar-refractivity contribution in [2.45, 2.75) is 42.1 Å². The molecule has 2 N–H and O–H groups in total. The second-order valence-electron chi connectivity index (χ2n) is 3.74. The lowest BCUT2D eigenvalue weighted by molar-refractivity contribution is 0.450. The number of nitrogens with zero attached hydrogens (tertiary/aromatic N) is 4. The van der Waals surface area contributed by atoms with Gasteiger partial charge in [0.1, 0.15) is 0 Å². The summed E-state index contributed by atoms with van der Waals surface area (Å²) < 4.78 is 1.72. The number of aromatic nitrogens is 4. The molecule has 2 rings (SSSR count). The number of aryl methyl sites for hydroxylation is 1. The van der Waals surface area contributed by atoms with Crippen LogP contribution in [0.1, 0.15) is 25.7 Å². The van der Waals surface area contributed by atoms with Gasteiger partial charge in [-0.3, -0.25) is 0 Å². The van der Waals surface area contributed by atoms with Crippen molar-refractivity contribution in [3.63, 3.8) is 0 Å². The van der Waals surface area contributed by atoms with E-state index in [1.54, 1.807) is 16.4 Å². The molecule has 0 aromatic carbocycles. The molecule has 5 nitrogen and oxygen atoms in total. The summed E-state index contributed by atoms with van der Waals surface area (Å²) in [5.74, 6) is 0. The highest BCUT2D eigenvalue weighted by Gasteiger charge is 2.21. The molecule has 15 heavy (non-hydrogen) atoms. The van der Waals surface area contributed by atoms with Crippen molar-refractivity contribution in [3.05, 3.63) is 0 Å². The summed E-state index contributed by atoms with van der Waals surface area (Å²) in [6.45, 7) is 0. The summed E-state index contributed by atoms with van der Waals surface area (Å²) in [6, 6.07) is 0.407. The third-order valence-corrected chi connectivity index (χ3v) is 3.93. The standard InChI is InChI=1S/C8H15N5S.ClH/c1-13-8(10-11-12-13)14-7-4-2-6(9)3-5-7;/h6-7H,2-5,9H2,1H3;1H. The van der Waals surface area contributed by atoms with Crippen LogP contribution >= 0.6 is 24.2 Å². The van der Waals surface area contributed by atoms with Crippen molar-refractivity contribution in [1.82, 2.24) is 20.2 Å². The third kappa shape index (κ3) is 3.32. The third-order valence-electron chi connectivity index (χ3n) is 2.57. The molecule has 0 saturated heterocycles. The maximum atomic E-state index is 5.85. The summed E-state index contributed by atoms with van der Waals surface area (Å²) in [5, 5.41) is 12.9. The first-order chi connectivity index (χ1) is 6.75. The van der Waals surface area contributed by atoms with Gasteiger partial charge < -0.3 is 5.73 Å². The molecular weight excluding hydrogens is 234 g/mol. The molecule has 1 aliphatic rings. The molecule has 0 amide bonds. The van der Waals surface area contributed by atoms with Crippen molar-refractivity contribution in [3.8, 4) is 0 Å². The topological polar surface area (TPSA) is 69.6 Å². The molecule has 0 aliphatic heterocycles. The monoisotopic (exact) mass is 249 g/mol. The Morgan fingerprint density at radius 3 is 2.53 bits per heavy atom. The minimum atomic E-state index is 0. The average molecular weight is 250 g/mol. The molecular formula is C8H16ClN5S. The summed E-state index contributed by atoms with van der Waals surface area (Å²) >= 11 is 1.77. The molecule has 7 heteroatoms. The maximum absolute atomic E-state index is 5.85. The smallest absolute Gasteiger partial charge is 0.209 e. The van der Waals surface area contributed by atoms with Gasteiger partial charge in [-0.25, -0.2) is 4.68 Å². The van der Waals surface area contributed by atoms with Crippen LogP contribution in [0.3, 0.4) is 0 Å². The molecule has 0 unspecified atom stereocenters. The fourth-order valence-electron chi connectivity index (χ4n) is 1.68. The predicted octanol–water partition coefficient (Wildman–Crippen LogP) is 0.994. The Balaban J connectivity index is 0.00000112. The Hall–Kier alpha value is -0.330. The van der Waals surface area contributed by atoms with Crippen LogP contribution in [0.5, 0.6) is 0 Å². The van der Waals surface area contributed by atoms with Crippen molar-refractivity contribution in [2.75, 3.05) is 0 Å². The Labute approximate surface area is 99.6 Å². The lowest BCUT2D eigenvalue weighted by Gasteiger charge is -2.24. The first-order valence-corrected chi connectivity index (χ1v) is 5.78. The van der Waals surface area contributed by atoms with Crippen molar-refractivity contribution in [2.24, 2.45) is 12.8 Å². The Bertz CT molecular complexity index is 297. The van der Waals surface area contributed by atoms with Gasteiger partial charge >= 0.3 is 0 Å². The van der Waals surface area contributed by atoms with Gasteiger partial charge in [0, 0.05) is 18.3 Å². The van der Waals surface area contributed by atoms with Crippen LogP contribution in [0.4, 0.5) is 0 Å². The van der Waals surface area contributed by atoms with Crippen LogP contribution in [-0.4, -0.2) is 31.5 Å². The Morgan fingerprint density at radius 2 is 2.00 bits per heavy atom. The van der Waals surface area contributed by atoms with E-state index in [4.69, 9.17) is 5.73 Å². The van der Waals surface area contributed by atoms with Gasteiger partial charge in [0.25, 0.3) is 0 Å². The largest absolute Gasteiger partial charge is 0.328 e. The maximum Gasteiger partial charge on any atom is 0.209 e. The zero-order valence-electron chi connectivity index (χ0n) is 8.67. The zero-order chi connectivity index (χ0) is 9.97. The molecule has 1 saturated carbocycles. The molecule has 1 aliphatic carbocycles. The number of rotatable bonds is 2. The van der Waals surface area contributed by atoms with Crippen LogP contribution in [0.15, 0.2) is 5.16 Å². The molecule has 0 radical (unpaired) electrons. The second-order valence-corrected chi connectivity index (χ2v) is 5.01. The van der Waals surface area contributed by atoms with Gasteiger partial charge in [0.15, 0.2) is 0 Å². The van der Waals surface area contributed by atoms with Crippen LogP contribution in [0.2, 0.25) is 0 Å². The highest BCUT2D eigenvalue weighted by molar-refractivity contribution is 7.99. The number of thioether (sulfide) groups is 1. The Kier molecular flexibility index (Phi) is 4.82. The quantitative estimate of drug-likeness (QED) is 0.847. The van der Waals surface area contributed by atoms with Crippen LogP contribution in [0, 0.1) is 0 Å². The van der Waals surface area contributed by atoms with E-state index in [-0.39, 0.29) is 12.4 Å². The van der Waals surface area contributed by atoms with Gasteiger partial charge in [0.2, 0.25) is 5.16 Å². The second kappa shape index (κ2) is 5.67. The summed E-state index contributed by atoms with van der Waals surface area (Å²) in [4.78, 5) is 0. The number of hydrogen-bond donors (Lipinski definition) is 1. The van der Waals surface area contributed by atoms with Crippen molar-refractivity contribution in [1.29, 1.82) is 0 Å². The van der Waals surface area contributed by atoms with E-state index >= 15 is 0 Å². The van der Waals surface area contributed by atoms with Gasteiger partial charge in [0.05, 0.1) is 0 Å². The van der Waals surface area contributed by atoms with Gasteiger partial charge in [-0.05, 0) is 36.1 Å². The molecule has 0 spiro atoms. The summed E-state index contributed by atoms with van der Waals surface area (Å²) in [5.41, 5.74) is 5.85.